The molecule has 0 aliphatic carbocycles. The van der Waals surface area contributed by atoms with E-state index in [2.05, 4.69) is 46.2 Å². The van der Waals surface area contributed by atoms with E-state index in [0.717, 1.165) is 13.0 Å². The average Bonchev–Trinajstić information content (AvgIpc) is 1.93. The van der Waals surface area contributed by atoms with E-state index in [0.29, 0.717) is 0 Å². The van der Waals surface area contributed by atoms with Gasteiger partial charge in [0.25, 0.3) is 0 Å². The Kier molecular flexibility index (Phi) is 6.12. The van der Waals surface area contributed by atoms with E-state index in [1.807, 2.05) is 6.55 Å². The third-order valence-electron chi connectivity index (χ3n) is 1.55. The minimum atomic E-state index is -2.42. The summed E-state index contributed by atoms with van der Waals surface area (Å²) in [4.78, 5) is 0. The molecule has 0 N–H and O–H groups in total. The zero-order valence-electron chi connectivity index (χ0n) is 12.1. The first kappa shape index (κ1) is 16.5. The Hall–Kier alpha value is 0.531. The molecule has 0 radical (unpaired) electrons. The molecule has 0 aliphatic heterocycles. The van der Waals surface area contributed by atoms with Crippen LogP contribution in [-0.2, 0) is 12.7 Å². The van der Waals surface area contributed by atoms with Crippen molar-refractivity contribution in [3.05, 3.63) is 0 Å². The fourth-order valence-corrected chi connectivity index (χ4v) is 12.0. The van der Waals surface area contributed by atoms with E-state index >= 15 is 0 Å². The zero-order valence-corrected chi connectivity index (χ0v) is 15.1. The molecule has 3 nitrogen and oxygen atoms in total. The maximum Gasteiger partial charge on any atom is 0.476 e. The Labute approximate surface area is 104 Å². The summed E-state index contributed by atoms with van der Waals surface area (Å²) in [5, 5.41) is 0. The van der Waals surface area contributed by atoms with Crippen LogP contribution in [0.5, 0.6) is 0 Å². The summed E-state index contributed by atoms with van der Waals surface area (Å²) >= 11 is 0. The fourth-order valence-electron chi connectivity index (χ4n) is 1.48. The van der Waals surface area contributed by atoms with Crippen molar-refractivity contribution in [3.63, 3.8) is 0 Å². The summed E-state index contributed by atoms with van der Waals surface area (Å²) < 4.78 is 18.2. The standard InChI is InChI=1S/C10H28O3Si3/c1-9-10-11-16(8,12-14(2,3)4)13-15(5,6)7/h9-10H2,1-8H3. The van der Waals surface area contributed by atoms with Crippen LogP contribution >= 0.6 is 0 Å². The van der Waals surface area contributed by atoms with Gasteiger partial charge in [-0.05, 0) is 45.7 Å². The van der Waals surface area contributed by atoms with Crippen LogP contribution in [0.15, 0.2) is 0 Å². The van der Waals surface area contributed by atoms with Crippen LogP contribution in [0.4, 0.5) is 0 Å². The Bertz CT molecular complexity index is 192. The lowest BCUT2D eigenvalue weighted by molar-refractivity contribution is 0.168. The zero-order chi connectivity index (χ0) is 13.0. The Morgan fingerprint density at radius 1 is 0.750 bits per heavy atom. The first-order valence-electron chi connectivity index (χ1n) is 6.02. The van der Waals surface area contributed by atoms with Gasteiger partial charge in [0.1, 0.15) is 0 Å². The largest absolute Gasteiger partial charge is 0.476 e. The van der Waals surface area contributed by atoms with Gasteiger partial charge in [0.2, 0.25) is 0 Å². The average molecular weight is 281 g/mol. The lowest BCUT2D eigenvalue weighted by atomic mass is 10.5. The topological polar surface area (TPSA) is 27.7 Å². The molecule has 0 atom stereocenters. The van der Waals surface area contributed by atoms with Crippen LogP contribution in [0.25, 0.3) is 0 Å². The van der Waals surface area contributed by atoms with E-state index in [1.165, 1.54) is 0 Å². The molecule has 0 aliphatic rings. The summed E-state index contributed by atoms with van der Waals surface area (Å²) in [5.41, 5.74) is 0. The van der Waals surface area contributed by atoms with Gasteiger partial charge in [0, 0.05) is 13.2 Å². The fraction of sp³-hybridized carbons (Fsp3) is 1.00. The summed E-state index contributed by atoms with van der Waals surface area (Å²) in [6.45, 7) is 18.0. The van der Waals surface area contributed by atoms with Gasteiger partial charge in [0.15, 0.2) is 16.6 Å². The van der Waals surface area contributed by atoms with E-state index in [9.17, 15) is 0 Å². The molecule has 0 saturated heterocycles. The van der Waals surface area contributed by atoms with E-state index < -0.39 is 25.4 Å². The quantitative estimate of drug-likeness (QED) is 0.666. The second kappa shape index (κ2) is 5.92. The van der Waals surface area contributed by atoms with Crippen molar-refractivity contribution >= 4 is 25.4 Å². The normalized spacial score (nSPS) is 14.2. The van der Waals surface area contributed by atoms with Crippen molar-refractivity contribution in [1.29, 1.82) is 0 Å². The van der Waals surface area contributed by atoms with Crippen LogP contribution in [-0.4, -0.2) is 32.0 Å². The second-order valence-electron chi connectivity index (χ2n) is 6.14. The van der Waals surface area contributed by atoms with Gasteiger partial charge in [-0.1, -0.05) is 6.92 Å². The van der Waals surface area contributed by atoms with Crippen molar-refractivity contribution in [3.8, 4) is 0 Å². The van der Waals surface area contributed by atoms with Crippen LogP contribution in [0.1, 0.15) is 13.3 Å². The summed E-state index contributed by atoms with van der Waals surface area (Å²) in [6.07, 6.45) is 1.01. The van der Waals surface area contributed by atoms with Crippen molar-refractivity contribution in [2.45, 2.75) is 59.2 Å². The van der Waals surface area contributed by atoms with Crippen LogP contribution < -0.4 is 0 Å². The SMILES string of the molecule is CCCO[Si](C)(O[Si](C)(C)C)O[Si](C)(C)C. The van der Waals surface area contributed by atoms with Crippen molar-refractivity contribution in [2.75, 3.05) is 6.61 Å². The molecule has 0 rings (SSSR count). The first-order valence-corrected chi connectivity index (χ1v) is 15.1. The first-order chi connectivity index (χ1) is 6.97. The van der Waals surface area contributed by atoms with E-state index in [4.69, 9.17) is 12.7 Å². The molecule has 0 heterocycles. The Balaban J connectivity index is 4.61. The molecule has 98 valence electrons. The third-order valence-corrected chi connectivity index (χ3v) is 10.1. The predicted octanol–water partition coefficient (Wildman–Crippen LogP) is 3.68. The molecule has 0 bridgehead atoms. The lowest BCUT2D eigenvalue weighted by Gasteiger charge is -2.37. The van der Waals surface area contributed by atoms with Gasteiger partial charge in [-0.2, -0.15) is 0 Å². The number of hydrogen-bond acceptors (Lipinski definition) is 3. The Morgan fingerprint density at radius 3 is 1.38 bits per heavy atom. The monoisotopic (exact) mass is 280 g/mol. The van der Waals surface area contributed by atoms with Crippen molar-refractivity contribution < 1.29 is 12.7 Å². The van der Waals surface area contributed by atoms with Crippen molar-refractivity contribution in [2.24, 2.45) is 0 Å². The highest BCUT2D eigenvalue weighted by atomic mass is 28.5. The molecule has 0 aromatic rings. The van der Waals surface area contributed by atoms with E-state index in [-0.39, 0.29) is 0 Å². The molecule has 0 aromatic heterocycles. The van der Waals surface area contributed by atoms with Gasteiger partial charge in [-0.25, -0.2) is 0 Å². The summed E-state index contributed by atoms with van der Waals surface area (Å²) in [5.74, 6) is 0. The molecule has 0 amide bonds. The molecule has 16 heavy (non-hydrogen) atoms. The molecule has 0 fully saturated rings. The van der Waals surface area contributed by atoms with Gasteiger partial charge in [0.05, 0.1) is 0 Å². The number of rotatable bonds is 7. The van der Waals surface area contributed by atoms with Crippen molar-refractivity contribution in [1.82, 2.24) is 0 Å². The molecule has 0 saturated carbocycles. The minimum absolute atomic E-state index is 0.734. The smallest absolute Gasteiger partial charge is 0.417 e. The highest BCUT2D eigenvalue weighted by Gasteiger charge is 2.42. The predicted molar refractivity (Wildman–Crippen MR) is 76.7 cm³/mol. The maximum absolute atomic E-state index is 6.17. The third kappa shape index (κ3) is 8.66. The van der Waals surface area contributed by atoms with E-state index in [1.54, 1.807) is 0 Å². The highest BCUT2D eigenvalue weighted by Crippen LogP contribution is 2.21. The van der Waals surface area contributed by atoms with Crippen LogP contribution in [0.2, 0.25) is 45.8 Å². The molecule has 0 spiro atoms. The minimum Gasteiger partial charge on any atom is -0.417 e. The molecule has 0 aromatic carbocycles. The van der Waals surface area contributed by atoms with Crippen LogP contribution in [0.3, 0.4) is 0 Å². The second-order valence-corrected chi connectivity index (χ2v) is 18.2. The molecular formula is C10H28O3Si3. The highest BCUT2D eigenvalue weighted by molar-refractivity contribution is 6.85. The van der Waals surface area contributed by atoms with Gasteiger partial charge < -0.3 is 12.7 Å². The molecule has 0 unspecified atom stereocenters. The lowest BCUT2D eigenvalue weighted by Crippen LogP contribution is -2.54. The van der Waals surface area contributed by atoms with Gasteiger partial charge >= 0.3 is 8.80 Å². The van der Waals surface area contributed by atoms with Gasteiger partial charge in [-0.3, -0.25) is 0 Å². The number of hydrogen-bond donors (Lipinski definition) is 0. The summed E-state index contributed by atoms with van der Waals surface area (Å²) in [7, 11) is -5.63. The molecule has 6 heteroatoms. The van der Waals surface area contributed by atoms with Crippen LogP contribution in [0, 0.1) is 0 Å². The van der Waals surface area contributed by atoms with Gasteiger partial charge in [-0.15, -0.1) is 0 Å². The molecular weight excluding hydrogens is 252 g/mol. The summed E-state index contributed by atoms with van der Waals surface area (Å²) in [6, 6.07) is 0. The Morgan fingerprint density at radius 2 is 1.12 bits per heavy atom. The maximum atomic E-state index is 6.17.